The van der Waals surface area contributed by atoms with E-state index in [1.807, 2.05) is 0 Å². The maximum absolute atomic E-state index is 13.6. The number of hydrogen-bond acceptors (Lipinski definition) is 10. The second kappa shape index (κ2) is 19.1. The van der Waals surface area contributed by atoms with Crippen molar-refractivity contribution in [2.24, 2.45) is 11.7 Å². The van der Waals surface area contributed by atoms with Gasteiger partial charge in [0.15, 0.2) is 0 Å². The third-order valence-electron chi connectivity index (χ3n) is 7.81. The summed E-state index contributed by atoms with van der Waals surface area (Å²) in [5.41, 5.74) is 5.87. The predicted molar refractivity (Wildman–Crippen MR) is 178 cm³/mol. The zero-order valence-electron chi connectivity index (χ0n) is 28.7. The van der Waals surface area contributed by atoms with Gasteiger partial charge in [0.25, 0.3) is 0 Å². The third kappa shape index (κ3) is 14.3. The van der Waals surface area contributed by atoms with E-state index >= 15 is 0 Å². The van der Waals surface area contributed by atoms with Gasteiger partial charge in [0.05, 0.1) is 6.10 Å². The Morgan fingerprint density at radius 3 is 2.02 bits per heavy atom. The van der Waals surface area contributed by atoms with Crippen LogP contribution in [0.15, 0.2) is 24.3 Å². The average molecular weight is 743 g/mol. The van der Waals surface area contributed by atoms with Gasteiger partial charge in [0.1, 0.15) is 36.0 Å². The molecule has 0 bridgehead atoms. The van der Waals surface area contributed by atoms with Crippen LogP contribution in [0.4, 0.5) is 0 Å². The molecule has 0 unspecified atom stereocenters. The molecule has 0 aliphatic carbocycles. The summed E-state index contributed by atoms with van der Waals surface area (Å²) in [6.07, 6.45) is -1.66. The quantitative estimate of drug-likeness (QED) is 0.0725. The first-order chi connectivity index (χ1) is 23.7. The number of hydrogen-bond donors (Lipinski definition) is 9. The van der Waals surface area contributed by atoms with Crippen molar-refractivity contribution < 1.29 is 62.7 Å². The van der Waals surface area contributed by atoms with Gasteiger partial charge in [-0.2, -0.15) is 0 Å². The molecule has 1 aliphatic rings. The number of aliphatic carboxylic acids is 1. The minimum Gasteiger partial charge on any atom is -0.481 e. The lowest BCUT2D eigenvalue weighted by Gasteiger charge is -2.30. The molecular formula is C31H47N6O13P. The molecular weight excluding hydrogens is 695 g/mol. The number of nitrogens with one attached hydrogen (secondary N) is 4. The van der Waals surface area contributed by atoms with Crippen LogP contribution in [-0.2, 0) is 44.5 Å². The highest BCUT2D eigenvalue weighted by molar-refractivity contribution is 7.46. The van der Waals surface area contributed by atoms with E-state index in [0.29, 0.717) is 18.4 Å². The molecule has 2 rings (SSSR count). The van der Waals surface area contributed by atoms with E-state index in [0.717, 1.165) is 6.92 Å². The van der Waals surface area contributed by atoms with Crippen LogP contribution < -0.4 is 31.5 Å². The smallest absolute Gasteiger partial charge is 0.481 e. The predicted octanol–water partition coefficient (Wildman–Crippen LogP) is -1.57. The molecule has 6 amide bonds. The van der Waals surface area contributed by atoms with Crippen LogP contribution in [0.2, 0.25) is 0 Å². The minimum absolute atomic E-state index is 0.0295. The third-order valence-corrected chi connectivity index (χ3v) is 8.26. The summed E-state index contributed by atoms with van der Waals surface area (Å²) < 4.78 is 15.6. The number of aliphatic hydroxyl groups is 1. The van der Waals surface area contributed by atoms with Crippen LogP contribution in [0.25, 0.3) is 0 Å². The van der Waals surface area contributed by atoms with Gasteiger partial charge in [-0.15, -0.1) is 0 Å². The lowest BCUT2D eigenvalue weighted by atomic mass is 10.0. The number of benzene rings is 1. The Labute approximate surface area is 294 Å². The van der Waals surface area contributed by atoms with Crippen molar-refractivity contribution in [2.45, 2.75) is 103 Å². The van der Waals surface area contributed by atoms with Crippen LogP contribution in [0.5, 0.6) is 5.75 Å². The highest BCUT2D eigenvalue weighted by Gasteiger charge is 2.38. The average Bonchev–Trinajstić information content (AvgIpc) is 3.51. The standard InChI is InChI=1S/C31H47N6O13P/c1-16(2)14-22(28(43)34-21(11-12-25(40)41)31(46)37-13-5-6-24(37)27(32)42)35-30(45)26(17(3)38)36-29(44)23(33-18(4)39)15-19-7-9-20(10-8-19)50-51(47,48)49/h7-10,16-17,21-24,26,38H,5-6,11-15H2,1-4H3,(H2,32,42)(H,33,39)(H,34,43)(H,35,45)(H,36,44)(H,40,41)(H2,47,48,49)/t17-,21+,22+,23+,24+,26+/m1/s1. The zero-order chi connectivity index (χ0) is 38.6. The van der Waals surface area contributed by atoms with Gasteiger partial charge in [-0.1, -0.05) is 26.0 Å². The summed E-state index contributed by atoms with van der Waals surface area (Å²) in [6, 6.07) is -1.26. The Morgan fingerprint density at radius 1 is 0.922 bits per heavy atom. The molecule has 0 aromatic heterocycles. The maximum atomic E-state index is 13.6. The van der Waals surface area contributed by atoms with Crippen molar-refractivity contribution in [2.75, 3.05) is 6.54 Å². The highest BCUT2D eigenvalue weighted by Crippen LogP contribution is 2.37. The van der Waals surface area contributed by atoms with Gasteiger partial charge >= 0.3 is 13.8 Å². The lowest BCUT2D eigenvalue weighted by Crippen LogP contribution is -2.61. The maximum Gasteiger partial charge on any atom is 0.524 e. The number of primary amides is 1. The number of phosphoric acid groups is 1. The Balaban J connectivity index is 2.25. The van der Waals surface area contributed by atoms with Gasteiger partial charge in [-0.3, -0.25) is 43.3 Å². The highest BCUT2D eigenvalue weighted by atomic mass is 31.2. The Kier molecular flexibility index (Phi) is 16.0. The lowest BCUT2D eigenvalue weighted by molar-refractivity contribution is -0.142. The molecule has 19 nitrogen and oxygen atoms in total. The van der Waals surface area contributed by atoms with Crippen LogP contribution in [0, 0.1) is 5.92 Å². The molecule has 51 heavy (non-hydrogen) atoms. The van der Waals surface area contributed by atoms with Crippen molar-refractivity contribution in [1.82, 2.24) is 26.2 Å². The molecule has 284 valence electrons. The summed E-state index contributed by atoms with van der Waals surface area (Å²) in [6.45, 7) is 6.03. The minimum atomic E-state index is -4.81. The molecule has 0 saturated carbocycles. The second-order valence-corrected chi connectivity index (χ2v) is 13.8. The van der Waals surface area contributed by atoms with Gasteiger partial charge < -0.3 is 46.6 Å². The molecule has 1 aromatic carbocycles. The largest absolute Gasteiger partial charge is 0.524 e. The fourth-order valence-corrected chi connectivity index (χ4v) is 5.86. The number of phosphoric ester groups is 1. The summed E-state index contributed by atoms with van der Waals surface area (Å²) in [7, 11) is -4.81. The number of carbonyl (C=O) groups is 7. The first kappa shape index (κ1) is 42.6. The van der Waals surface area contributed by atoms with E-state index < -0.39 is 92.0 Å². The van der Waals surface area contributed by atoms with Crippen LogP contribution >= 0.6 is 7.82 Å². The SMILES string of the molecule is CC(=O)N[C@@H](Cc1ccc(OP(=O)(O)O)cc1)C(=O)N[C@H](C(=O)N[C@@H](CC(C)C)C(=O)N[C@@H](CCC(=O)O)C(=O)N1CCC[C@H]1C(N)=O)[C@@H](C)O. The molecule has 1 aromatic rings. The van der Waals surface area contributed by atoms with E-state index in [1.165, 1.54) is 36.1 Å². The van der Waals surface area contributed by atoms with Gasteiger partial charge in [-0.05, 0) is 56.2 Å². The summed E-state index contributed by atoms with van der Waals surface area (Å²) in [4.78, 5) is 108. The Morgan fingerprint density at radius 2 is 1.51 bits per heavy atom. The van der Waals surface area contributed by atoms with Gasteiger partial charge in [0.2, 0.25) is 35.4 Å². The molecule has 0 radical (unpaired) electrons. The van der Waals surface area contributed by atoms with E-state index in [4.69, 9.17) is 15.5 Å². The topological polar surface area (TPSA) is 304 Å². The number of carboxylic acids is 1. The summed E-state index contributed by atoms with van der Waals surface area (Å²) in [5, 5.41) is 29.6. The van der Waals surface area contributed by atoms with Gasteiger partial charge in [-0.25, -0.2) is 4.57 Å². The monoisotopic (exact) mass is 742 g/mol. The number of carbonyl (C=O) groups excluding carboxylic acids is 6. The van der Waals surface area contributed by atoms with Crippen LogP contribution in [0.3, 0.4) is 0 Å². The van der Waals surface area contributed by atoms with Crippen molar-refractivity contribution in [3.8, 4) is 5.75 Å². The van der Waals surface area contributed by atoms with Crippen molar-refractivity contribution >= 4 is 49.2 Å². The number of aliphatic hydroxyl groups excluding tert-OH is 1. The van der Waals surface area contributed by atoms with Crippen molar-refractivity contribution in [3.63, 3.8) is 0 Å². The second-order valence-electron chi connectivity index (χ2n) is 12.7. The molecule has 1 heterocycles. The normalized spacial score (nSPS) is 17.3. The Hall–Kier alpha value is -4.58. The molecule has 0 spiro atoms. The fourth-order valence-electron chi connectivity index (χ4n) is 5.46. The first-order valence-electron chi connectivity index (χ1n) is 16.2. The van der Waals surface area contributed by atoms with Gasteiger partial charge in [0, 0.05) is 26.3 Å². The fraction of sp³-hybridized carbons (Fsp3) is 0.581. The number of nitrogens with two attached hydrogens (primary N) is 1. The van der Waals surface area contributed by atoms with Crippen molar-refractivity contribution in [3.05, 3.63) is 29.8 Å². The van der Waals surface area contributed by atoms with E-state index in [1.54, 1.807) is 13.8 Å². The van der Waals surface area contributed by atoms with E-state index in [-0.39, 0.29) is 37.5 Å². The molecule has 6 atom stereocenters. The summed E-state index contributed by atoms with van der Waals surface area (Å²) in [5.74, 6) is -6.37. The van der Waals surface area contributed by atoms with Crippen molar-refractivity contribution in [1.29, 1.82) is 0 Å². The van der Waals surface area contributed by atoms with E-state index in [2.05, 4.69) is 25.8 Å². The zero-order valence-corrected chi connectivity index (χ0v) is 29.6. The first-order valence-corrected chi connectivity index (χ1v) is 17.7. The number of rotatable bonds is 19. The number of amides is 6. The molecule has 20 heteroatoms. The molecule has 1 fully saturated rings. The van der Waals surface area contributed by atoms with Crippen LogP contribution in [-0.4, -0.2) is 109 Å². The molecule has 1 aliphatic heterocycles. The number of likely N-dealkylation sites (tertiary alicyclic amines) is 1. The Bertz CT molecular complexity index is 1480. The number of nitrogens with zero attached hydrogens (tertiary/aromatic N) is 1. The van der Waals surface area contributed by atoms with E-state index in [9.17, 15) is 48.3 Å². The van der Waals surface area contributed by atoms with Crippen LogP contribution in [0.1, 0.15) is 65.4 Å². The number of carboxylic acid groups (broad SMARTS) is 1. The molecule has 10 N–H and O–H groups in total. The summed E-state index contributed by atoms with van der Waals surface area (Å²) >= 11 is 0. The molecule has 1 saturated heterocycles.